The standard InChI is InChI=1S/C14H23N3O2/c1-11-7-16(10-14(19-11)12-3-4-12)8-13(18)9-17-6-2-5-15-17/h2,5-6,11-14,18H,3-4,7-10H2,1H3/t11-,13+,14+/m1/s1. The van der Waals surface area contributed by atoms with E-state index in [-0.39, 0.29) is 12.2 Å². The second-order valence-corrected chi connectivity index (χ2v) is 5.92. The van der Waals surface area contributed by atoms with Crippen LogP contribution in [-0.2, 0) is 11.3 Å². The van der Waals surface area contributed by atoms with Crippen LogP contribution in [0.2, 0.25) is 0 Å². The van der Waals surface area contributed by atoms with Crippen molar-refractivity contribution in [3.05, 3.63) is 18.5 Å². The first-order valence-corrected chi connectivity index (χ1v) is 7.24. The number of hydrogen-bond donors (Lipinski definition) is 1. The third-order valence-corrected chi connectivity index (χ3v) is 3.93. The quantitative estimate of drug-likeness (QED) is 0.853. The highest BCUT2D eigenvalue weighted by Crippen LogP contribution is 2.36. The monoisotopic (exact) mass is 265 g/mol. The number of hydrogen-bond acceptors (Lipinski definition) is 4. The Balaban J connectivity index is 1.50. The van der Waals surface area contributed by atoms with E-state index < -0.39 is 0 Å². The predicted octanol–water partition coefficient (Wildman–Crippen LogP) is 0.743. The van der Waals surface area contributed by atoms with Crippen LogP contribution in [0.25, 0.3) is 0 Å². The third kappa shape index (κ3) is 3.55. The molecule has 1 N–H and O–H groups in total. The summed E-state index contributed by atoms with van der Waals surface area (Å²) in [6.45, 7) is 5.27. The first-order chi connectivity index (χ1) is 9.20. The summed E-state index contributed by atoms with van der Waals surface area (Å²) < 4.78 is 7.77. The molecule has 19 heavy (non-hydrogen) atoms. The minimum Gasteiger partial charge on any atom is -0.390 e. The summed E-state index contributed by atoms with van der Waals surface area (Å²) in [4.78, 5) is 2.34. The molecule has 0 bridgehead atoms. The van der Waals surface area contributed by atoms with Gasteiger partial charge in [0.15, 0.2) is 0 Å². The molecule has 1 saturated carbocycles. The van der Waals surface area contributed by atoms with Crippen LogP contribution in [-0.4, -0.2) is 57.7 Å². The van der Waals surface area contributed by atoms with Crippen molar-refractivity contribution >= 4 is 0 Å². The second-order valence-electron chi connectivity index (χ2n) is 5.92. The number of aliphatic hydroxyl groups excluding tert-OH is 1. The zero-order valence-electron chi connectivity index (χ0n) is 11.5. The van der Waals surface area contributed by atoms with E-state index in [0.29, 0.717) is 19.2 Å². The Bertz CT molecular complexity index is 391. The van der Waals surface area contributed by atoms with Gasteiger partial charge in [-0.2, -0.15) is 5.10 Å². The molecule has 0 amide bonds. The molecule has 1 aliphatic carbocycles. The lowest BCUT2D eigenvalue weighted by molar-refractivity contribution is -0.0937. The van der Waals surface area contributed by atoms with Gasteiger partial charge >= 0.3 is 0 Å². The normalized spacial score (nSPS) is 30.4. The van der Waals surface area contributed by atoms with Crippen LogP contribution in [0.15, 0.2) is 18.5 Å². The summed E-state index contributed by atoms with van der Waals surface area (Å²) in [6, 6.07) is 1.88. The van der Waals surface area contributed by atoms with Crippen LogP contribution >= 0.6 is 0 Å². The highest BCUT2D eigenvalue weighted by Gasteiger charge is 2.37. The molecule has 2 fully saturated rings. The van der Waals surface area contributed by atoms with Gasteiger partial charge in [-0.1, -0.05) is 0 Å². The van der Waals surface area contributed by atoms with Crippen LogP contribution in [0.5, 0.6) is 0 Å². The van der Waals surface area contributed by atoms with Crippen LogP contribution < -0.4 is 0 Å². The number of nitrogens with zero attached hydrogens (tertiary/aromatic N) is 3. The molecule has 1 aliphatic heterocycles. The molecule has 0 radical (unpaired) electrons. The number of aliphatic hydroxyl groups is 1. The van der Waals surface area contributed by atoms with Crippen LogP contribution in [0.3, 0.4) is 0 Å². The fourth-order valence-electron chi connectivity index (χ4n) is 2.93. The molecule has 1 aromatic rings. The van der Waals surface area contributed by atoms with E-state index in [4.69, 9.17) is 4.74 Å². The number of rotatable bonds is 5. The first kappa shape index (κ1) is 13.1. The van der Waals surface area contributed by atoms with Crippen molar-refractivity contribution in [3.63, 3.8) is 0 Å². The molecule has 3 rings (SSSR count). The molecule has 0 unspecified atom stereocenters. The zero-order valence-corrected chi connectivity index (χ0v) is 11.5. The maximum atomic E-state index is 10.2. The predicted molar refractivity (Wildman–Crippen MR) is 71.7 cm³/mol. The molecule has 106 valence electrons. The van der Waals surface area contributed by atoms with Crippen LogP contribution in [0.1, 0.15) is 19.8 Å². The van der Waals surface area contributed by atoms with E-state index in [1.54, 1.807) is 10.9 Å². The van der Waals surface area contributed by atoms with Crippen LogP contribution in [0, 0.1) is 5.92 Å². The van der Waals surface area contributed by atoms with Crippen molar-refractivity contribution in [2.75, 3.05) is 19.6 Å². The SMILES string of the molecule is C[C@@H]1CN(C[C@H](O)Cn2cccn2)C[C@@H](C2CC2)O1. The number of morpholine rings is 1. The summed E-state index contributed by atoms with van der Waals surface area (Å²) >= 11 is 0. The van der Waals surface area contributed by atoms with Crippen molar-refractivity contribution in [1.82, 2.24) is 14.7 Å². The number of aromatic nitrogens is 2. The molecule has 1 aromatic heterocycles. The smallest absolute Gasteiger partial charge is 0.0862 e. The van der Waals surface area contributed by atoms with E-state index in [2.05, 4.69) is 16.9 Å². The molecule has 1 saturated heterocycles. The topological polar surface area (TPSA) is 50.5 Å². The largest absolute Gasteiger partial charge is 0.390 e. The van der Waals surface area contributed by atoms with Crippen molar-refractivity contribution in [1.29, 1.82) is 0 Å². The fourth-order valence-corrected chi connectivity index (χ4v) is 2.93. The fraction of sp³-hybridized carbons (Fsp3) is 0.786. The Morgan fingerprint density at radius 1 is 1.37 bits per heavy atom. The molecule has 5 heteroatoms. The Kier molecular flexibility index (Phi) is 3.86. The van der Waals surface area contributed by atoms with Gasteiger partial charge in [0.1, 0.15) is 0 Å². The minimum absolute atomic E-state index is 0.274. The minimum atomic E-state index is -0.370. The Labute approximate surface area is 114 Å². The highest BCUT2D eigenvalue weighted by atomic mass is 16.5. The van der Waals surface area contributed by atoms with Gasteiger partial charge in [0.25, 0.3) is 0 Å². The van der Waals surface area contributed by atoms with Gasteiger partial charge in [-0.25, -0.2) is 0 Å². The first-order valence-electron chi connectivity index (χ1n) is 7.24. The average molecular weight is 265 g/mol. The lowest BCUT2D eigenvalue weighted by Crippen LogP contribution is -2.50. The second kappa shape index (κ2) is 5.61. The van der Waals surface area contributed by atoms with Crippen molar-refractivity contribution in [2.45, 2.75) is 44.6 Å². The number of β-amino-alcohol motifs (C(OH)–C–C–N with tert-alkyl or cyclic N) is 1. The Morgan fingerprint density at radius 3 is 2.89 bits per heavy atom. The molecule has 2 heterocycles. The maximum Gasteiger partial charge on any atom is 0.0862 e. The molecule has 5 nitrogen and oxygen atoms in total. The average Bonchev–Trinajstić information content (AvgIpc) is 3.08. The van der Waals surface area contributed by atoms with E-state index in [1.807, 2.05) is 12.3 Å². The summed E-state index contributed by atoms with van der Waals surface area (Å²) in [5.41, 5.74) is 0. The van der Waals surface area contributed by atoms with Crippen molar-refractivity contribution in [2.24, 2.45) is 5.92 Å². The van der Waals surface area contributed by atoms with Crippen molar-refractivity contribution < 1.29 is 9.84 Å². The van der Waals surface area contributed by atoms with Gasteiger partial charge in [0.2, 0.25) is 0 Å². The molecular formula is C14H23N3O2. The van der Waals surface area contributed by atoms with E-state index in [1.165, 1.54) is 12.8 Å². The van der Waals surface area contributed by atoms with Gasteiger partial charge in [-0.15, -0.1) is 0 Å². The summed E-state index contributed by atoms with van der Waals surface area (Å²) in [6.07, 6.45) is 6.52. The van der Waals surface area contributed by atoms with E-state index >= 15 is 0 Å². The maximum absolute atomic E-state index is 10.2. The summed E-state index contributed by atoms with van der Waals surface area (Å²) in [5, 5.41) is 14.3. The van der Waals surface area contributed by atoms with E-state index in [9.17, 15) is 5.11 Å². The van der Waals surface area contributed by atoms with Gasteiger partial charge in [-0.3, -0.25) is 9.58 Å². The van der Waals surface area contributed by atoms with Gasteiger partial charge in [-0.05, 0) is 31.7 Å². The molecule has 2 aliphatic rings. The van der Waals surface area contributed by atoms with Crippen LogP contribution in [0.4, 0.5) is 0 Å². The zero-order chi connectivity index (χ0) is 13.2. The van der Waals surface area contributed by atoms with Crippen molar-refractivity contribution in [3.8, 4) is 0 Å². The van der Waals surface area contributed by atoms with E-state index in [0.717, 1.165) is 19.0 Å². The highest BCUT2D eigenvalue weighted by molar-refractivity contribution is 4.88. The Morgan fingerprint density at radius 2 is 2.21 bits per heavy atom. The molecule has 0 spiro atoms. The summed E-state index contributed by atoms with van der Waals surface area (Å²) in [7, 11) is 0. The molecular weight excluding hydrogens is 242 g/mol. The van der Waals surface area contributed by atoms with Gasteiger partial charge in [0, 0.05) is 32.0 Å². The lowest BCUT2D eigenvalue weighted by atomic mass is 10.1. The third-order valence-electron chi connectivity index (χ3n) is 3.93. The summed E-state index contributed by atoms with van der Waals surface area (Å²) in [5.74, 6) is 0.758. The molecule has 3 atom stereocenters. The number of ether oxygens (including phenoxy) is 1. The lowest BCUT2D eigenvalue weighted by Gasteiger charge is -2.37. The van der Waals surface area contributed by atoms with Gasteiger partial charge < -0.3 is 9.84 Å². The molecule has 0 aromatic carbocycles. The Hall–Kier alpha value is -0.910. The van der Waals surface area contributed by atoms with Gasteiger partial charge in [0.05, 0.1) is 24.9 Å².